The van der Waals surface area contributed by atoms with E-state index < -0.39 is 5.91 Å². The van der Waals surface area contributed by atoms with E-state index >= 15 is 0 Å². The zero-order valence-corrected chi connectivity index (χ0v) is 42.8. The van der Waals surface area contributed by atoms with Crippen LogP contribution in [-0.2, 0) is 10.8 Å². The van der Waals surface area contributed by atoms with Crippen LogP contribution in [0.1, 0.15) is 49.9 Å². The first-order valence-electron chi connectivity index (χ1n) is 24.7. The molecule has 2 aliphatic heterocycles. The molecule has 0 saturated heterocycles. The van der Waals surface area contributed by atoms with E-state index in [2.05, 4.69) is 257 Å². The van der Waals surface area contributed by atoms with Crippen LogP contribution in [0.4, 0.5) is 39.8 Å². The van der Waals surface area contributed by atoms with Gasteiger partial charge in [0.2, 0.25) is 0 Å². The molecule has 0 fully saturated rings. The van der Waals surface area contributed by atoms with Crippen molar-refractivity contribution < 1.29 is 0 Å². The number of rotatable bonds is 6. The van der Waals surface area contributed by atoms with Crippen LogP contribution in [0, 0.1) is 12.3 Å². The van der Waals surface area contributed by atoms with Crippen molar-refractivity contribution in [2.75, 3.05) is 26.1 Å². The van der Waals surface area contributed by atoms with E-state index in [1.54, 1.807) is 0 Å². The summed E-state index contributed by atoms with van der Waals surface area (Å²) in [4.78, 5) is 10.8. The molecule has 7 aromatic rings. The summed E-state index contributed by atoms with van der Waals surface area (Å²) in [6.45, 7) is 10.2. The lowest BCUT2D eigenvalue weighted by Gasteiger charge is -2.54. The molecule has 69 heavy (non-hydrogen) atoms. The third kappa shape index (κ3) is 6.03. The maximum atomic E-state index is 6.10. The molecule has 0 bridgehead atoms. The highest BCUT2D eigenvalue weighted by Crippen LogP contribution is 2.64. The van der Waals surface area contributed by atoms with Gasteiger partial charge < -0.3 is 4.90 Å². The number of para-hydroxylation sites is 4. The zero-order valence-electron chi connectivity index (χ0n) is 42.8. The van der Waals surface area contributed by atoms with Crippen molar-refractivity contribution in [3.05, 3.63) is 178 Å². The molecule has 2 heterocycles. The van der Waals surface area contributed by atoms with Crippen molar-refractivity contribution in [2.24, 2.45) is 0 Å². The monoisotopic (exact) mass is 883 g/mol. The van der Waals surface area contributed by atoms with Crippen molar-refractivity contribution in [1.82, 2.24) is 0 Å². The minimum absolute atomic E-state index is 0.208. The van der Waals surface area contributed by atoms with Gasteiger partial charge in [0, 0.05) is 34.4 Å². The van der Waals surface area contributed by atoms with Crippen LogP contribution < -0.4 is 46.9 Å². The number of terminal acetylenes is 1. The Morgan fingerprint density at radius 2 is 0.855 bits per heavy atom. The molecule has 4 aliphatic rings. The molecule has 1 spiro atoms. The average molecular weight is 881 g/mol. The largest absolute Gasteiger partial charge is 0.308 e. The van der Waals surface area contributed by atoms with E-state index in [4.69, 9.17) is 6.42 Å². The second kappa shape index (κ2) is 15.7. The van der Waals surface area contributed by atoms with Crippen molar-refractivity contribution in [1.29, 1.82) is 0 Å². The molecular formula is C56H55B9N4. The van der Waals surface area contributed by atoms with Gasteiger partial charge in [-0.25, -0.2) is 0 Å². The van der Waals surface area contributed by atoms with Gasteiger partial charge in [-0.3, -0.25) is 14.7 Å². The average Bonchev–Trinajstić information content (AvgIpc) is 3.98. The van der Waals surface area contributed by atoms with Crippen molar-refractivity contribution in [3.63, 3.8) is 0 Å². The smallest absolute Gasteiger partial charge is 0.291 e. The molecule has 13 heteroatoms. The topological polar surface area (TPSA) is 13.0 Å². The highest BCUT2D eigenvalue weighted by atomic mass is 15.8. The maximum absolute atomic E-state index is 6.10. The Kier molecular flexibility index (Phi) is 10.2. The first kappa shape index (κ1) is 44.8. The Balaban J connectivity index is 1.30. The SMILES string of the molecule is B/C(C#C)=C(B)/C(B)=C(/B)CN1c2ccccc2N(c2c(B)c(B)c(B)c(B)c2B)C12N(c1ccc3c(c1)C(C)(C)c1ccccc1-3)c1ccccc1N2c1ccc2c(c1)C(C)(C)c1ccccc1-2. The fourth-order valence-corrected chi connectivity index (χ4v) is 12.7. The molecule has 0 aromatic heterocycles. The van der Waals surface area contributed by atoms with Crippen LogP contribution in [0.3, 0.4) is 0 Å². The predicted molar refractivity (Wildman–Crippen MR) is 322 cm³/mol. The number of nitrogens with zero attached hydrogens (tertiary/aromatic N) is 4. The minimum atomic E-state index is -1.05. The number of hydrogen-bond acceptors (Lipinski definition) is 4. The first-order chi connectivity index (χ1) is 33.0. The van der Waals surface area contributed by atoms with E-state index in [9.17, 15) is 0 Å². The van der Waals surface area contributed by atoms with Crippen LogP contribution in [0.2, 0.25) is 0 Å². The van der Waals surface area contributed by atoms with Crippen LogP contribution >= 0.6 is 0 Å². The summed E-state index contributed by atoms with van der Waals surface area (Å²) in [5.41, 5.74) is 29.5. The van der Waals surface area contributed by atoms with Gasteiger partial charge in [-0.15, -0.1) is 17.4 Å². The van der Waals surface area contributed by atoms with Crippen molar-refractivity contribution in [3.8, 4) is 34.6 Å². The summed E-state index contributed by atoms with van der Waals surface area (Å²) < 4.78 is 0. The van der Waals surface area contributed by atoms with Crippen LogP contribution in [0.15, 0.2) is 155 Å². The molecule has 2 aliphatic carbocycles. The molecule has 0 atom stereocenters. The second-order valence-corrected chi connectivity index (χ2v) is 21.2. The van der Waals surface area contributed by atoms with Crippen LogP contribution in [0.25, 0.3) is 22.3 Å². The lowest BCUT2D eigenvalue weighted by molar-refractivity contribution is 0.453. The molecule has 7 aromatic carbocycles. The zero-order chi connectivity index (χ0) is 48.6. The highest BCUT2D eigenvalue weighted by molar-refractivity contribution is 6.69. The standard InChI is InChI=1S/C56H55B9N4/c1-6-40(57)46(59)47(60)41(58)29-66-42-19-11-12-20-43(42)69(53-51(64)49(62)48(61)50(63)52(53)65)56(66)67(30-23-25-34-32-15-7-9-17-36(32)54(2,3)38(34)27-30)44-21-13-14-22-45(44)68(56)31-24-26-35-33-16-8-10-18-37(33)55(4,5)39(35)28-31/h1,7-28H,29,57-65H2,2-5H3/b46-40-,47-41-. The van der Waals surface area contributed by atoms with Crippen LogP contribution in [-0.4, -0.2) is 83.1 Å². The third-order valence-electron chi connectivity index (χ3n) is 17.3. The summed E-state index contributed by atoms with van der Waals surface area (Å²) in [5, 5.41) is 0. The van der Waals surface area contributed by atoms with Gasteiger partial charge in [0.05, 0.1) is 22.7 Å². The van der Waals surface area contributed by atoms with Gasteiger partial charge in [-0.05, 0) is 98.5 Å². The fraction of sp³-hybridized carbons (Fsp3) is 0.143. The Morgan fingerprint density at radius 1 is 0.464 bits per heavy atom. The number of hydrogen-bond donors (Lipinski definition) is 0. The molecule has 4 nitrogen and oxygen atoms in total. The molecule has 326 valence electrons. The van der Waals surface area contributed by atoms with E-state index in [1.165, 1.54) is 94.1 Å². The quantitative estimate of drug-likeness (QED) is 0.139. The summed E-state index contributed by atoms with van der Waals surface area (Å²) in [6, 6.07) is 50.8. The Bertz CT molecular complexity index is 3330. The Morgan fingerprint density at radius 3 is 1.32 bits per heavy atom. The summed E-state index contributed by atoms with van der Waals surface area (Å²) in [6.07, 6.45) is 6.10. The molecule has 0 radical (unpaired) electrons. The lowest BCUT2D eigenvalue weighted by Crippen LogP contribution is -2.73. The third-order valence-corrected chi connectivity index (χ3v) is 17.3. The Labute approximate surface area is 418 Å². The van der Waals surface area contributed by atoms with E-state index in [-0.39, 0.29) is 10.8 Å². The van der Waals surface area contributed by atoms with Gasteiger partial charge in [-0.2, -0.15) is 0 Å². The summed E-state index contributed by atoms with van der Waals surface area (Å²) in [7, 11) is 20.4. The molecule has 11 rings (SSSR count). The predicted octanol–water partition coefficient (Wildman–Crippen LogP) is 0.739. The maximum Gasteiger partial charge on any atom is 0.291 e. The molecular weight excluding hydrogens is 826 g/mol. The number of fused-ring (bicyclic) bond motifs is 8. The lowest BCUT2D eigenvalue weighted by atomic mass is 9.61. The fourth-order valence-electron chi connectivity index (χ4n) is 12.7. The van der Waals surface area contributed by atoms with E-state index in [1.807, 2.05) is 0 Å². The molecule has 0 saturated carbocycles. The van der Waals surface area contributed by atoms with Gasteiger partial charge in [0.15, 0.2) is 0 Å². The van der Waals surface area contributed by atoms with Crippen molar-refractivity contribution in [2.45, 2.75) is 44.4 Å². The highest BCUT2D eigenvalue weighted by Gasteiger charge is 2.64. The van der Waals surface area contributed by atoms with Gasteiger partial charge in [-0.1, -0.05) is 151 Å². The minimum Gasteiger partial charge on any atom is -0.308 e. The van der Waals surface area contributed by atoms with Gasteiger partial charge >= 0.3 is 0 Å². The Hall–Kier alpha value is -6.64. The summed E-state index contributed by atoms with van der Waals surface area (Å²) in [5.74, 6) is 1.91. The van der Waals surface area contributed by atoms with Crippen LogP contribution in [0.5, 0.6) is 0 Å². The normalized spacial score (nSPS) is 16.8. The summed E-state index contributed by atoms with van der Waals surface area (Å²) >= 11 is 0. The second-order valence-electron chi connectivity index (χ2n) is 21.2. The molecule has 0 unspecified atom stereocenters. The number of benzene rings is 7. The molecule has 0 N–H and O–H groups in total. The van der Waals surface area contributed by atoms with Crippen molar-refractivity contribution >= 4 is 138 Å². The van der Waals surface area contributed by atoms with E-state index in [0.717, 1.165) is 39.4 Å². The molecule has 0 amide bonds. The van der Waals surface area contributed by atoms with Gasteiger partial charge in [0.1, 0.15) is 70.6 Å². The number of anilines is 7. The van der Waals surface area contributed by atoms with E-state index in [0.29, 0.717) is 6.54 Å². The number of allylic oxidation sites excluding steroid dienone is 3. The first-order valence-corrected chi connectivity index (χ1v) is 24.7. The van der Waals surface area contributed by atoms with Gasteiger partial charge in [0.25, 0.3) is 5.91 Å².